The minimum Gasteiger partial charge on any atom is -0.424 e. The summed E-state index contributed by atoms with van der Waals surface area (Å²) in [5.74, 6) is 1.72. The molecule has 0 aliphatic carbocycles. The Bertz CT molecular complexity index is 1780. The molecule has 0 bridgehead atoms. The van der Waals surface area contributed by atoms with Crippen LogP contribution in [0.4, 0.5) is 41.0 Å². The van der Waals surface area contributed by atoms with E-state index >= 15 is 0 Å². The van der Waals surface area contributed by atoms with E-state index < -0.39 is 17.8 Å². The van der Waals surface area contributed by atoms with Crippen LogP contribution in [-0.2, 0) is 12.6 Å². The number of hydrogen-bond donors (Lipinski definition) is 4. The van der Waals surface area contributed by atoms with Crippen LogP contribution in [0.5, 0.6) is 11.8 Å². The quantitative estimate of drug-likeness (QED) is 0.175. The second-order valence-electron chi connectivity index (χ2n) is 9.57. The van der Waals surface area contributed by atoms with Gasteiger partial charge in [0, 0.05) is 35.6 Å². The van der Waals surface area contributed by atoms with Crippen molar-refractivity contribution < 1.29 is 22.7 Å². The molecule has 5 aromatic rings. The van der Waals surface area contributed by atoms with Gasteiger partial charge in [0.2, 0.25) is 0 Å². The average Bonchev–Trinajstić information content (AvgIpc) is 3.45. The highest BCUT2D eigenvalue weighted by Crippen LogP contribution is 2.36. The Hall–Kier alpha value is -5.72. The van der Waals surface area contributed by atoms with E-state index in [1.165, 1.54) is 30.9 Å². The molecule has 0 radical (unpaired) electrons. The number of carbonyl (C=O) groups excluding carboxylic acids is 1. The third-order valence-electron chi connectivity index (χ3n) is 6.65. The van der Waals surface area contributed by atoms with Crippen LogP contribution in [0.1, 0.15) is 11.1 Å². The number of urea groups is 1. The minimum atomic E-state index is -4.59. The van der Waals surface area contributed by atoms with E-state index in [0.717, 1.165) is 47.6 Å². The molecule has 0 saturated carbocycles. The first-order chi connectivity index (χ1) is 20.7. The second-order valence-corrected chi connectivity index (χ2v) is 9.57. The maximum absolute atomic E-state index is 13.4. The third kappa shape index (κ3) is 6.15. The molecule has 10 nitrogen and oxygen atoms in total. The number of alkyl halides is 3. The van der Waals surface area contributed by atoms with Crippen molar-refractivity contribution in [1.29, 1.82) is 0 Å². The summed E-state index contributed by atoms with van der Waals surface area (Å²) in [7, 11) is 0. The topological polar surface area (TPSA) is 140 Å². The van der Waals surface area contributed by atoms with Crippen molar-refractivity contribution in [3.05, 3.63) is 96.6 Å². The lowest BCUT2D eigenvalue weighted by atomic mass is 10.0. The minimum absolute atomic E-state index is 0.0280. The molecule has 5 N–H and O–H groups in total. The molecule has 6 rings (SSSR count). The number of anilines is 4. The lowest BCUT2D eigenvalue weighted by Gasteiger charge is -2.15. The van der Waals surface area contributed by atoms with Gasteiger partial charge in [-0.15, -0.1) is 0 Å². The van der Waals surface area contributed by atoms with Gasteiger partial charge in [0.25, 0.3) is 0 Å². The maximum Gasteiger partial charge on any atom is 0.416 e. The fourth-order valence-electron chi connectivity index (χ4n) is 4.58. The van der Waals surface area contributed by atoms with E-state index in [1.807, 2.05) is 18.2 Å². The monoisotopic (exact) mass is 584 g/mol. The Labute approximate surface area is 243 Å². The lowest BCUT2D eigenvalue weighted by Crippen LogP contribution is -2.20. The zero-order chi connectivity index (χ0) is 30.0. The van der Waals surface area contributed by atoms with E-state index in [0.29, 0.717) is 22.7 Å². The van der Waals surface area contributed by atoms with Gasteiger partial charge in [-0.3, -0.25) is 4.98 Å². The summed E-state index contributed by atoms with van der Waals surface area (Å²) in [4.78, 5) is 29.4. The number of nitrogen functional groups attached to an aromatic ring is 1. The Morgan fingerprint density at radius 2 is 1.72 bits per heavy atom. The zero-order valence-electron chi connectivity index (χ0n) is 22.3. The van der Waals surface area contributed by atoms with Crippen molar-refractivity contribution in [2.24, 2.45) is 0 Å². The van der Waals surface area contributed by atoms with Crippen LogP contribution < -0.4 is 26.4 Å². The molecule has 2 aromatic carbocycles. The van der Waals surface area contributed by atoms with Crippen molar-refractivity contribution in [2.45, 2.75) is 12.6 Å². The van der Waals surface area contributed by atoms with Crippen LogP contribution >= 0.6 is 0 Å². The highest BCUT2D eigenvalue weighted by molar-refractivity contribution is 6.02. The molecule has 1 aliphatic rings. The Morgan fingerprint density at radius 3 is 2.44 bits per heavy atom. The number of hydrogen-bond acceptors (Lipinski definition) is 8. The number of halogens is 3. The Kier molecular flexibility index (Phi) is 7.20. The van der Waals surface area contributed by atoms with Gasteiger partial charge in [-0.2, -0.15) is 13.2 Å². The SMILES string of the molecule is Nc1nc2c(cc1-c1ccc(Oc3ncc(NC(=O)Nc4cc(C(F)(F)F)ccc4-c4cccnc4)cn3)cc1)CCN2. The summed E-state index contributed by atoms with van der Waals surface area (Å²) < 4.78 is 45.8. The highest BCUT2D eigenvalue weighted by atomic mass is 19.4. The predicted octanol–water partition coefficient (Wildman–Crippen LogP) is 6.61. The molecule has 0 saturated heterocycles. The number of carbonyl (C=O) groups is 1. The van der Waals surface area contributed by atoms with Gasteiger partial charge in [0.1, 0.15) is 17.4 Å². The summed E-state index contributed by atoms with van der Waals surface area (Å²) in [6, 6.07) is 14.9. The number of fused-ring (bicyclic) bond motifs is 1. The van der Waals surface area contributed by atoms with Gasteiger partial charge in [0.15, 0.2) is 0 Å². The third-order valence-corrected chi connectivity index (χ3v) is 6.65. The summed E-state index contributed by atoms with van der Waals surface area (Å²) in [5, 5.41) is 8.20. The number of nitrogens with zero attached hydrogens (tertiary/aromatic N) is 4. The maximum atomic E-state index is 13.4. The van der Waals surface area contributed by atoms with E-state index in [-0.39, 0.29) is 17.4 Å². The molecular formula is C30H23F3N8O2. The Balaban J connectivity index is 1.12. The molecule has 43 heavy (non-hydrogen) atoms. The normalized spacial score (nSPS) is 12.3. The molecule has 4 heterocycles. The first-order valence-corrected chi connectivity index (χ1v) is 13.1. The predicted molar refractivity (Wildman–Crippen MR) is 156 cm³/mol. The molecule has 216 valence electrons. The van der Waals surface area contributed by atoms with Gasteiger partial charge in [-0.1, -0.05) is 24.3 Å². The van der Waals surface area contributed by atoms with Gasteiger partial charge in [-0.25, -0.2) is 19.7 Å². The van der Waals surface area contributed by atoms with Crippen LogP contribution in [0.3, 0.4) is 0 Å². The van der Waals surface area contributed by atoms with Gasteiger partial charge in [0.05, 0.1) is 29.3 Å². The molecule has 0 atom stereocenters. The number of amides is 2. The number of ether oxygens (including phenoxy) is 1. The standard InChI is InChI=1S/C30H23F3N8O2/c31-30(32,33)20-5-8-23(19-2-1-10-35-14-19)25(13-20)40-28(42)39-21-15-37-29(38-16-21)43-22-6-3-17(4-7-22)24-12-18-9-11-36-27(18)41-26(24)34/h1-8,10,12-16H,9,11H2,(H3,34,36,41)(H2,39,40,42). The zero-order valence-corrected chi connectivity index (χ0v) is 22.3. The second kappa shape index (κ2) is 11.3. The summed E-state index contributed by atoms with van der Waals surface area (Å²) >= 11 is 0. The summed E-state index contributed by atoms with van der Waals surface area (Å²) in [5.41, 5.74) is 9.13. The number of nitrogens with one attached hydrogen (secondary N) is 3. The van der Waals surface area contributed by atoms with Crippen molar-refractivity contribution in [1.82, 2.24) is 19.9 Å². The van der Waals surface area contributed by atoms with Crippen LogP contribution in [-0.4, -0.2) is 32.5 Å². The number of nitrogens with two attached hydrogens (primary N) is 1. The van der Waals surface area contributed by atoms with Crippen LogP contribution in [0.25, 0.3) is 22.3 Å². The van der Waals surface area contributed by atoms with E-state index in [1.54, 1.807) is 24.3 Å². The molecule has 13 heteroatoms. The highest BCUT2D eigenvalue weighted by Gasteiger charge is 2.31. The molecular weight excluding hydrogens is 561 g/mol. The van der Waals surface area contributed by atoms with Gasteiger partial charge >= 0.3 is 18.2 Å². The summed E-state index contributed by atoms with van der Waals surface area (Å²) in [6.45, 7) is 0.833. The molecule has 0 spiro atoms. The lowest BCUT2D eigenvalue weighted by molar-refractivity contribution is -0.137. The van der Waals surface area contributed by atoms with Crippen LogP contribution in [0.15, 0.2) is 85.5 Å². The van der Waals surface area contributed by atoms with Crippen molar-refractivity contribution in [3.63, 3.8) is 0 Å². The van der Waals surface area contributed by atoms with Gasteiger partial charge in [-0.05, 0) is 53.9 Å². The Morgan fingerprint density at radius 1 is 0.930 bits per heavy atom. The fraction of sp³-hybridized carbons (Fsp3) is 0.100. The van der Waals surface area contributed by atoms with Crippen LogP contribution in [0.2, 0.25) is 0 Å². The number of aromatic nitrogens is 4. The van der Waals surface area contributed by atoms with Crippen molar-refractivity contribution >= 4 is 29.0 Å². The van der Waals surface area contributed by atoms with Crippen molar-refractivity contribution in [3.8, 4) is 34.0 Å². The average molecular weight is 585 g/mol. The smallest absolute Gasteiger partial charge is 0.416 e. The first kappa shape index (κ1) is 27.4. The first-order valence-electron chi connectivity index (χ1n) is 13.1. The summed E-state index contributed by atoms with van der Waals surface area (Å²) in [6.07, 6.45) is 1.96. The fourth-order valence-corrected chi connectivity index (χ4v) is 4.58. The van der Waals surface area contributed by atoms with Gasteiger partial charge < -0.3 is 26.4 Å². The number of benzene rings is 2. The molecule has 0 unspecified atom stereocenters. The van der Waals surface area contributed by atoms with E-state index in [4.69, 9.17) is 10.5 Å². The number of rotatable bonds is 6. The van der Waals surface area contributed by atoms with Crippen molar-refractivity contribution in [2.75, 3.05) is 28.2 Å². The molecule has 2 amide bonds. The molecule has 1 aliphatic heterocycles. The number of pyridine rings is 2. The molecule has 0 fully saturated rings. The van der Waals surface area contributed by atoms with E-state index in [2.05, 4.69) is 35.9 Å². The largest absolute Gasteiger partial charge is 0.424 e. The van der Waals surface area contributed by atoms with E-state index in [9.17, 15) is 18.0 Å². The molecule has 3 aromatic heterocycles. The van der Waals surface area contributed by atoms with Crippen LogP contribution in [0, 0.1) is 0 Å².